The lowest BCUT2D eigenvalue weighted by Gasteiger charge is -2.18. The molecule has 0 saturated carbocycles. The van der Waals surface area contributed by atoms with Gasteiger partial charge in [-0.25, -0.2) is 0 Å². The number of benzene rings is 2. The minimum absolute atomic E-state index is 0.0432. The zero-order chi connectivity index (χ0) is 15.1. The zero-order valence-electron chi connectivity index (χ0n) is 12.4. The van der Waals surface area contributed by atoms with Crippen LogP contribution < -0.4 is 10.1 Å². The van der Waals surface area contributed by atoms with Gasteiger partial charge in [-0.05, 0) is 29.8 Å². The van der Waals surface area contributed by atoms with E-state index in [4.69, 9.17) is 4.74 Å². The largest absolute Gasteiger partial charge is 0.497 e. The van der Waals surface area contributed by atoms with E-state index in [1.165, 1.54) is 0 Å². The number of anilines is 1. The van der Waals surface area contributed by atoms with Crippen LogP contribution in [0.25, 0.3) is 0 Å². The molecule has 0 fully saturated rings. The first kappa shape index (κ1) is 14.9. The van der Waals surface area contributed by atoms with Crippen molar-refractivity contribution in [1.82, 2.24) is 4.90 Å². The fourth-order valence-corrected chi connectivity index (χ4v) is 2.00. The maximum Gasteiger partial charge on any atom is 0.241 e. The van der Waals surface area contributed by atoms with E-state index in [0.29, 0.717) is 6.54 Å². The maximum atomic E-state index is 12.1. The molecule has 21 heavy (non-hydrogen) atoms. The van der Waals surface area contributed by atoms with Crippen molar-refractivity contribution in [2.75, 3.05) is 26.0 Å². The molecular weight excluding hydrogens is 264 g/mol. The number of amides is 1. The molecule has 0 unspecified atom stereocenters. The molecule has 0 aliphatic rings. The number of nitrogens with one attached hydrogen (secondary N) is 1. The van der Waals surface area contributed by atoms with Gasteiger partial charge >= 0.3 is 0 Å². The second-order valence-electron chi connectivity index (χ2n) is 4.82. The van der Waals surface area contributed by atoms with Crippen molar-refractivity contribution in [3.8, 4) is 5.75 Å². The second-order valence-corrected chi connectivity index (χ2v) is 4.82. The molecule has 0 atom stereocenters. The van der Waals surface area contributed by atoms with Gasteiger partial charge in [-0.3, -0.25) is 4.79 Å². The average molecular weight is 284 g/mol. The lowest BCUT2D eigenvalue weighted by molar-refractivity contribution is -0.128. The Hall–Kier alpha value is -2.49. The van der Waals surface area contributed by atoms with E-state index in [1.54, 1.807) is 19.1 Å². The summed E-state index contributed by atoms with van der Waals surface area (Å²) < 4.78 is 5.19. The molecule has 0 aliphatic carbocycles. The Bertz CT molecular complexity index is 584. The molecule has 110 valence electrons. The number of methoxy groups -OCH3 is 1. The number of para-hydroxylation sites is 1. The van der Waals surface area contributed by atoms with Crippen LogP contribution in [0.15, 0.2) is 54.6 Å². The van der Waals surface area contributed by atoms with Crippen LogP contribution in [0.5, 0.6) is 5.75 Å². The van der Waals surface area contributed by atoms with Gasteiger partial charge in [0.25, 0.3) is 0 Å². The van der Waals surface area contributed by atoms with Crippen molar-refractivity contribution in [1.29, 1.82) is 0 Å². The molecule has 2 rings (SSSR count). The molecule has 4 nitrogen and oxygen atoms in total. The Kier molecular flexibility index (Phi) is 5.21. The molecule has 4 heteroatoms. The van der Waals surface area contributed by atoms with Crippen molar-refractivity contribution in [2.24, 2.45) is 0 Å². The Balaban J connectivity index is 1.87. The minimum atomic E-state index is 0.0432. The highest BCUT2D eigenvalue weighted by Crippen LogP contribution is 2.14. The van der Waals surface area contributed by atoms with E-state index in [1.807, 2.05) is 54.6 Å². The van der Waals surface area contributed by atoms with E-state index < -0.39 is 0 Å². The molecule has 2 aromatic rings. The van der Waals surface area contributed by atoms with E-state index in [-0.39, 0.29) is 12.5 Å². The molecule has 1 amide bonds. The Morgan fingerprint density at radius 3 is 2.62 bits per heavy atom. The van der Waals surface area contributed by atoms with Gasteiger partial charge in [0.1, 0.15) is 5.75 Å². The summed E-state index contributed by atoms with van der Waals surface area (Å²) in [7, 11) is 3.44. The summed E-state index contributed by atoms with van der Waals surface area (Å²) in [5, 5.41) is 3.12. The standard InChI is InChI=1S/C17H20N2O2/c1-19(13-14-7-6-10-16(11-14)21-2)17(20)12-18-15-8-4-3-5-9-15/h3-11,18H,12-13H2,1-2H3. The smallest absolute Gasteiger partial charge is 0.241 e. The van der Waals surface area contributed by atoms with Crippen LogP contribution >= 0.6 is 0 Å². The molecule has 1 N–H and O–H groups in total. The number of ether oxygens (including phenoxy) is 1. The van der Waals surface area contributed by atoms with Crippen molar-refractivity contribution in [3.05, 3.63) is 60.2 Å². The monoisotopic (exact) mass is 284 g/mol. The van der Waals surface area contributed by atoms with Gasteiger partial charge in [-0.1, -0.05) is 30.3 Å². The average Bonchev–Trinajstić information content (AvgIpc) is 2.53. The quantitative estimate of drug-likeness (QED) is 0.887. The number of hydrogen-bond acceptors (Lipinski definition) is 3. The van der Waals surface area contributed by atoms with Gasteiger partial charge in [0, 0.05) is 19.3 Å². The summed E-state index contributed by atoms with van der Waals surface area (Å²) in [6.07, 6.45) is 0. The summed E-state index contributed by atoms with van der Waals surface area (Å²) in [6.45, 7) is 0.844. The summed E-state index contributed by atoms with van der Waals surface area (Å²) in [6, 6.07) is 17.4. The van der Waals surface area contributed by atoms with Crippen molar-refractivity contribution >= 4 is 11.6 Å². The zero-order valence-corrected chi connectivity index (χ0v) is 12.4. The topological polar surface area (TPSA) is 41.6 Å². The van der Waals surface area contributed by atoms with Gasteiger partial charge in [-0.15, -0.1) is 0 Å². The number of hydrogen-bond donors (Lipinski definition) is 1. The fourth-order valence-electron chi connectivity index (χ4n) is 2.00. The van der Waals surface area contributed by atoms with Gasteiger partial charge in [0.05, 0.1) is 13.7 Å². The normalized spacial score (nSPS) is 10.0. The van der Waals surface area contributed by atoms with Crippen molar-refractivity contribution < 1.29 is 9.53 Å². The molecule has 2 aromatic carbocycles. The first-order valence-electron chi connectivity index (χ1n) is 6.85. The van der Waals surface area contributed by atoms with Crippen LogP contribution in [0.4, 0.5) is 5.69 Å². The summed E-state index contributed by atoms with van der Waals surface area (Å²) >= 11 is 0. The molecule has 0 heterocycles. The van der Waals surface area contributed by atoms with E-state index in [2.05, 4.69) is 5.32 Å². The lowest BCUT2D eigenvalue weighted by Crippen LogP contribution is -2.31. The number of carbonyl (C=O) groups is 1. The van der Waals surface area contributed by atoms with Crippen LogP contribution in [0, 0.1) is 0 Å². The highest BCUT2D eigenvalue weighted by atomic mass is 16.5. The molecule has 0 aliphatic heterocycles. The number of nitrogens with zero attached hydrogens (tertiary/aromatic N) is 1. The summed E-state index contributed by atoms with van der Waals surface area (Å²) in [4.78, 5) is 13.8. The van der Waals surface area contributed by atoms with Gasteiger partial charge < -0.3 is 15.0 Å². The second kappa shape index (κ2) is 7.33. The van der Waals surface area contributed by atoms with E-state index in [0.717, 1.165) is 17.0 Å². The van der Waals surface area contributed by atoms with Crippen molar-refractivity contribution in [3.63, 3.8) is 0 Å². The molecule has 0 aromatic heterocycles. The predicted octanol–water partition coefficient (Wildman–Crippen LogP) is 2.77. The van der Waals surface area contributed by atoms with Gasteiger partial charge in [-0.2, -0.15) is 0 Å². The minimum Gasteiger partial charge on any atom is -0.497 e. The van der Waals surface area contributed by atoms with Crippen LogP contribution in [-0.4, -0.2) is 31.5 Å². The first-order valence-corrected chi connectivity index (χ1v) is 6.85. The van der Waals surface area contributed by atoms with Gasteiger partial charge in [0.2, 0.25) is 5.91 Å². The summed E-state index contributed by atoms with van der Waals surface area (Å²) in [5.41, 5.74) is 1.99. The van der Waals surface area contributed by atoms with Crippen LogP contribution in [-0.2, 0) is 11.3 Å². The maximum absolute atomic E-state index is 12.1. The van der Waals surface area contributed by atoms with E-state index >= 15 is 0 Å². The number of carbonyl (C=O) groups excluding carboxylic acids is 1. The molecule has 0 spiro atoms. The van der Waals surface area contributed by atoms with Crippen LogP contribution in [0.1, 0.15) is 5.56 Å². The molecular formula is C17H20N2O2. The van der Waals surface area contributed by atoms with Crippen LogP contribution in [0.3, 0.4) is 0 Å². The molecule has 0 radical (unpaired) electrons. The first-order chi connectivity index (χ1) is 10.2. The lowest BCUT2D eigenvalue weighted by atomic mass is 10.2. The third-order valence-corrected chi connectivity index (χ3v) is 3.20. The van der Waals surface area contributed by atoms with Crippen LogP contribution in [0.2, 0.25) is 0 Å². The highest BCUT2D eigenvalue weighted by Gasteiger charge is 2.09. The predicted molar refractivity (Wildman–Crippen MR) is 84.4 cm³/mol. The van der Waals surface area contributed by atoms with Crippen molar-refractivity contribution in [2.45, 2.75) is 6.54 Å². The Morgan fingerprint density at radius 1 is 1.14 bits per heavy atom. The molecule has 0 bridgehead atoms. The Labute approximate surface area is 125 Å². The third-order valence-electron chi connectivity index (χ3n) is 3.20. The Morgan fingerprint density at radius 2 is 1.90 bits per heavy atom. The number of rotatable bonds is 6. The summed E-state index contributed by atoms with van der Waals surface area (Å²) in [5.74, 6) is 0.845. The highest BCUT2D eigenvalue weighted by molar-refractivity contribution is 5.80. The third kappa shape index (κ3) is 4.53. The van der Waals surface area contributed by atoms with Gasteiger partial charge in [0.15, 0.2) is 0 Å². The SMILES string of the molecule is COc1cccc(CN(C)C(=O)CNc2ccccc2)c1. The molecule has 0 saturated heterocycles. The van der Waals surface area contributed by atoms with E-state index in [9.17, 15) is 4.79 Å². The fraction of sp³-hybridized carbons (Fsp3) is 0.235. The number of likely N-dealkylation sites (N-methyl/N-ethyl adjacent to an activating group) is 1.